The smallest absolute Gasteiger partial charge is 0.387 e. The van der Waals surface area contributed by atoms with Crippen molar-refractivity contribution in [1.82, 2.24) is 14.5 Å². The molecule has 45 heavy (non-hydrogen) atoms. The van der Waals surface area contributed by atoms with Gasteiger partial charge >= 0.3 is 7.82 Å². The van der Waals surface area contributed by atoms with Crippen molar-refractivity contribution in [1.29, 1.82) is 5.26 Å². The second-order valence-electron chi connectivity index (χ2n) is 11.7. The molecule has 1 saturated heterocycles. The molecule has 13 nitrogen and oxygen atoms in total. The van der Waals surface area contributed by atoms with Crippen LogP contribution in [0.5, 0.6) is 0 Å². The third kappa shape index (κ3) is 12.2. The van der Waals surface area contributed by atoms with E-state index in [1.807, 2.05) is 6.07 Å². The summed E-state index contributed by atoms with van der Waals surface area (Å²) < 4.78 is 35.1. The first-order chi connectivity index (χ1) is 21.8. The van der Waals surface area contributed by atoms with E-state index in [1.165, 1.54) is 94.1 Å². The largest absolute Gasteiger partial charge is 0.472 e. The number of fused-ring (bicyclic) bond motifs is 1. The van der Waals surface area contributed by atoms with Crippen molar-refractivity contribution in [3.8, 4) is 6.07 Å². The summed E-state index contributed by atoms with van der Waals surface area (Å²) in [6.07, 6.45) is 16.1. The van der Waals surface area contributed by atoms with Crippen molar-refractivity contribution in [2.24, 2.45) is 0 Å². The second kappa shape index (κ2) is 20.2. The molecule has 3 rings (SSSR count). The van der Waals surface area contributed by atoms with Crippen molar-refractivity contribution >= 4 is 24.7 Å². The third-order valence-corrected chi connectivity index (χ3v) is 9.09. The molecule has 0 spiro atoms. The Hall–Kier alpha value is -2.14. The van der Waals surface area contributed by atoms with E-state index in [4.69, 9.17) is 24.3 Å². The quantitative estimate of drug-likeness (QED) is 0.0819. The standard InChI is InChI=1S/C31H52N5O8P/c1-2-3-4-5-6-7-8-9-10-11-12-13-14-15-17-41-18-16-19-42-45(39,40)43-22-25-27(37)28(38)31(44-25)36-21-24(20-32)26-29(33)34-23-35-30(26)36/h21,23,25,27-28,31,37-38H,2-19,22H2,1H3,(H,39,40)(H2,33,34,35)/t25-,27+,28-,31-/m1/s1. The number of aliphatic hydroxyl groups excluding tert-OH is 2. The van der Waals surface area contributed by atoms with Gasteiger partial charge in [-0.25, -0.2) is 14.5 Å². The molecular weight excluding hydrogens is 601 g/mol. The number of phosphoric acid groups is 1. The molecule has 3 heterocycles. The van der Waals surface area contributed by atoms with Crippen LogP contribution in [0.4, 0.5) is 5.82 Å². The number of aromatic nitrogens is 3. The molecule has 254 valence electrons. The van der Waals surface area contributed by atoms with E-state index >= 15 is 0 Å². The van der Waals surface area contributed by atoms with Crippen LogP contribution in [0, 0.1) is 11.3 Å². The minimum absolute atomic E-state index is 0.0424. The van der Waals surface area contributed by atoms with Crippen LogP contribution in [-0.2, 0) is 23.1 Å². The monoisotopic (exact) mass is 653 g/mol. The average molecular weight is 654 g/mol. The highest BCUT2D eigenvalue weighted by Crippen LogP contribution is 2.44. The van der Waals surface area contributed by atoms with E-state index in [9.17, 15) is 24.9 Å². The maximum Gasteiger partial charge on any atom is 0.472 e. The van der Waals surface area contributed by atoms with Crippen molar-refractivity contribution < 1.29 is 38.2 Å². The number of rotatable bonds is 24. The van der Waals surface area contributed by atoms with E-state index < -0.39 is 39.0 Å². The van der Waals surface area contributed by atoms with Crippen LogP contribution in [0.3, 0.4) is 0 Å². The Kier molecular flexibility index (Phi) is 16.7. The zero-order valence-electron chi connectivity index (χ0n) is 26.6. The maximum atomic E-state index is 12.3. The van der Waals surface area contributed by atoms with Crippen LogP contribution in [0.1, 0.15) is 115 Å². The highest BCUT2D eigenvalue weighted by molar-refractivity contribution is 7.47. The zero-order valence-corrected chi connectivity index (χ0v) is 27.5. The lowest BCUT2D eigenvalue weighted by atomic mass is 10.0. The first-order valence-electron chi connectivity index (χ1n) is 16.5. The van der Waals surface area contributed by atoms with Gasteiger partial charge in [0, 0.05) is 19.4 Å². The highest BCUT2D eigenvalue weighted by Gasteiger charge is 2.45. The number of nitrogen functional groups attached to an aromatic ring is 1. The predicted octanol–water partition coefficient (Wildman–Crippen LogP) is 5.53. The van der Waals surface area contributed by atoms with E-state index in [2.05, 4.69) is 16.9 Å². The van der Waals surface area contributed by atoms with Gasteiger partial charge in [-0.15, -0.1) is 0 Å². The molecule has 1 aliphatic heterocycles. The molecule has 14 heteroatoms. The van der Waals surface area contributed by atoms with Crippen LogP contribution in [0.25, 0.3) is 11.0 Å². The van der Waals surface area contributed by atoms with Gasteiger partial charge in [0.1, 0.15) is 42.2 Å². The third-order valence-electron chi connectivity index (χ3n) is 8.10. The lowest BCUT2D eigenvalue weighted by Gasteiger charge is -2.18. The van der Waals surface area contributed by atoms with Gasteiger partial charge in [0.05, 0.1) is 24.2 Å². The van der Waals surface area contributed by atoms with Gasteiger partial charge in [-0.3, -0.25) is 9.05 Å². The van der Waals surface area contributed by atoms with Crippen LogP contribution in [-0.4, -0.2) is 74.4 Å². The summed E-state index contributed by atoms with van der Waals surface area (Å²) in [5.41, 5.74) is 6.29. The summed E-state index contributed by atoms with van der Waals surface area (Å²) in [6, 6.07) is 2.00. The van der Waals surface area contributed by atoms with Crippen LogP contribution in [0.15, 0.2) is 12.5 Å². The van der Waals surface area contributed by atoms with Crippen molar-refractivity contribution in [3.63, 3.8) is 0 Å². The number of nitrogens with two attached hydrogens (primary N) is 1. The summed E-state index contributed by atoms with van der Waals surface area (Å²) in [5.74, 6) is 0.0850. The zero-order chi connectivity index (χ0) is 32.5. The van der Waals surface area contributed by atoms with Gasteiger partial charge in [0.2, 0.25) is 0 Å². The Morgan fingerprint density at radius 3 is 2.13 bits per heavy atom. The van der Waals surface area contributed by atoms with Crippen molar-refractivity contribution in [2.75, 3.05) is 32.2 Å². The molecule has 1 unspecified atom stereocenters. The molecule has 0 bridgehead atoms. The van der Waals surface area contributed by atoms with Crippen LogP contribution < -0.4 is 5.73 Å². The molecule has 5 atom stereocenters. The Balaban J connectivity index is 1.22. The fourth-order valence-corrected chi connectivity index (χ4v) is 6.30. The molecule has 0 amide bonds. The number of ether oxygens (including phenoxy) is 2. The molecule has 5 N–H and O–H groups in total. The van der Waals surface area contributed by atoms with E-state index in [-0.39, 0.29) is 23.6 Å². The molecule has 0 aliphatic carbocycles. The fraction of sp³-hybridized carbons (Fsp3) is 0.774. The molecule has 2 aromatic rings. The number of anilines is 1. The molecule has 0 saturated carbocycles. The lowest BCUT2D eigenvalue weighted by molar-refractivity contribution is -0.0513. The number of unbranched alkanes of at least 4 members (excludes halogenated alkanes) is 13. The number of nitrogens with zero attached hydrogens (tertiary/aromatic N) is 4. The molecule has 0 radical (unpaired) electrons. The average Bonchev–Trinajstić information content (AvgIpc) is 3.54. The normalized spacial score (nSPS) is 21.3. The number of hydrogen-bond acceptors (Lipinski definition) is 11. The van der Waals surface area contributed by atoms with Gasteiger partial charge in [0.25, 0.3) is 0 Å². The van der Waals surface area contributed by atoms with E-state index in [0.29, 0.717) is 25.0 Å². The Morgan fingerprint density at radius 2 is 1.51 bits per heavy atom. The van der Waals surface area contributed by atoms with Gasteiger partial charge in [-0.1, -0.05) is 90.4 Å². The van der Waals surface area contributed by atoms with E-state index in [0.717, 1.165) is 12.8 Å². The molecular formula is C31H52N5O8P. The molecule has 1 aliphatic rings. The molecule has 0 aromatic carbocycles. The topological polar surface area (TPSA) is 195 Å². The van der Waals surface area contributed by atoms with Crippen LogP contribution in [0.2, 0.25) is 0 Å². The van der Waals surface area contributed by atoms with Gasteiger partial charge < -0.3 is 34.9 Å². The first kappa shape index (κ1) is 37.3. The Morgan fingerprint density at radius 1 is 0.911 bits per heavy atom. The number of aliphatic hydroxyl groups is 2. The maximum absolute atomic E-state index is 12.3. The molecule has 1 fully saturated rings. The van der Waals surface area contributed by atoms with Gasteiger partial charge in [-0.2, -0.15) is 5.26 Å². The summed E-state index contributed by atoms with van der Waals surface area (Å²) >= 11 is 0. The summed E-state index contributed by atoms with van der Waals surface area (Å²) in [4.78, 5) is 18.1. The number of phosphoric ester groups is 1. The minimum atomic E-state index is -4.44. The SMILES string of the molecule is CCCCCCCCCCCCCCCCOCCCOP(=O)(O)OC[C@H]1O[C@@H](n2cc(C#N)c3c(N)ncnc32)[C@H](O)[C@H]1O. The Labute approximate surface area is 266 Å². The number of hydrogen-bond donors (Lipinski definition) is 4. The highest BCUT2D eigenvalue weighted by atomic mass is 31.2. The lowest BCUT2D eigenvalue weighted by Crippen LogP contribution is -2.33. The summed E-state index contributed by atoms with van der Waals surface area (Å²) in [5, 5.41) is 30.9. The summed E-state index contributed by atoms with van der Waals surface area (Å²) in [6.45, 7) is 2.75. The summed E-state index contributed by atoms with van der Waals surface area (Å²) in [7, 11) is -4.44. The van der Waals surface area contributed by atoms with Crippen molar-refractivity contribution in [3.05, 3.63) is 18.1 Å². The van der Waals surface area contributed by atoms with Crippen LogP contribution >= 0.6 is 7.82 Å². The predicted molar refractivity (Wildman–Crippen MR) is 170 cm³/mol. The van der Waals surface area contributed by atoms with Crippen molar-refractivity contribution in [2.45, 2.75) is 128 Å². The van der Waals surface area contributed by atoms with Gasteiger partial charge in [-0.05, 0) is 12.8 Å². The van der Waals surface area contributed by atoms with E-state index in [1.54, 1.807) is 0 Å². The second-order valence-corrected chi connectivity index (χ2v) is 13.2. The first-order valence-corrected chi connectivity index (χ1v) is 18.0. The number of nitriles is 1. The molecule has 2 aromatic heterocycles. The van der Waals surface area contributed by atoms with Gasteiger partial charge in [0.15, 0.2) is 6.23 Å². The fourth-order valence-electron chi connectivity index (χ4n) is 5.53. The Bertz CT molecular complexity index is 1220. The minimum Gasteiger partial charge on any atom is -0.387 e.